The van der Waals surface area contributed by atoms with E-state index in [0.717, 1.165) is 11.1 Å². The number of fused-ring (bicyclic) bond motifs is 5. The van der Waals surface area contributed by atoms with Gasteiger partial charge in [0, 0.05) is 18.7 Å². The molecule has 1 spiro atoms. The number of anilines is 1. The fraction of sp³-hybridized carbons (Fsp3) is 0.281. The van der Waals surface area contributed by atoms with E-state index in [9.17, 15) is 14.4 Å². The lowest BCUT2D eigenvalue weighted by molar-refractivity contribution is -0.126. The molecule has 40 heavy (non-hydrogen) atoms. The van der Waals surface area contributed by atoms with Crippen molar-refractivity contribution in [1.29, 1.82) is 0 Å². The Labute approximate surface area is 231 Å². The van der Waals surface area contributed by atoms with E-state index in [4.69, 9.17) is 13.9 Å². The third-order valence-corrected chi connectivity index (χ3v) is 7.91. The third kappa shape index (κ3) is 3.48. The molecule has 0 radical (unpaired) electrons. The van der Waals surface area contributed by atoms with E-state index in [1.807, 2.05) is 62.4 Å². The van der Waals surface area contributed by atoms with Crippen molar-refractivity contribution in [3.63, 3.8) is 0 Å². The molecule has 3 aromatic carbocycles. The molecule has 1 aromatic heterocycles. The predicted octanol–water partition coefficient (Wildman–Crippen LogP) is 4.82. The van der Waals surface area contributed by atoms with Crippen molar-refractivity contribution < 1.29 is 23.5 Å². The van der Waals surface area contributed by atoms with Gasteiger partial charge >= 0.3 is 0 Å². The Kier molecular flexibility index (Phi) is 6.13. The normalized spacial score (nSPS) is 17.6. The fourth-order valence-electron chi connectivity index (χ4n) is 6.13. The average molecular weight is 539 g/mol. The average Bonchev–Trinajstić information content (AvgIpc) is 3.36. The van der Waals surface area contributed by atoms with E-state index in [1.165, 1.54) is 4.90 Å². The van der Waals surface area contributed by atoms with Gasteiger partial charge in [-0.05, 0) is 55.7 Å². The molecule has 6 rings (SSSR count). The van der Waals surface area contributed by atoms with E-state index in [-0.39, 0.29) is 29.2 Å². The highest BCUT2D eigenvalue weighted by molar-refractivity contribution is 6.17. The maximum Gasteiger partial charge on any atom is 0.291 e. The van der Waals surface area contributed by atoms with E-state index in [2.05, 4.69) is 0 Å². The van der Waals surface area contributed by atoms with Gasteiger partial charge < -0.3 is 23.7 Å². The molecule has 3 heterocycles. The Morgan fingerprint density at radius 2 is 1.68 bits per heavy atom. The summed E-state index contributed by atoms with van der Waals surface area (Å²) >= 11 is 0. The summed E-state index contributed by atoms with van der Waals surface area (Å²) in [4.78, 5) is 46.2. The lowest BCUT2D eigenvalue weighted by atomic mass is 9.83. The number of hydrogen-bond donors (Lipinski definition) is 0. The van der Waals surface area contributed by atoms with Gasteiger partial charge in [-0.25, -0.2) is 0 Å². The van der Waals surface area contributed by atoms with E-state index in [0.29, 0.717) is 53.1 Å². The van der Waals surface area contributed by atoms with Crippen LogP contribution in [0.1, 0.15) is 46.2 Å². The first-order valence-electron chi connectivity index (χ1n) is 13.4. The van der Waals surface area contributed by atoms with Gasteiger partial charge in [-0.3, -0.25) is 14.4 Å². The summed E-state index contributed by atoms with van der Waals surface area (Å²) in [6.45, 7) is 4.52. The molecule has 0 fully saturated rings. The van der Waals surface area contributed by atoms with E-state index < -0.39 is 11.4 Å². The number of amides is 2. The Morgan fingerprint density at radius 1 is 0.900 bits per heavy atom. The molecule has 2 amide bonds. The monoisotopic (exact) mass is 538 g/mol. The molecule has 0 saturated heterocycles. The van der Waals surface area contributed by atoms with E-state index >= 15 is 0 Å². The van der Waals surface area contributed by atoms with Crippen LogP contribution in [0.2, 0.25) is 0 Å². The molecular weight excluding hydrogens is 508 g/mol. The summed E-state index contributed by atoms with van der Waals surface area (Å²) in [5.41, 5.74) is 1.54. The predicted molar refractivity (Wildman–Crippen MR) is 151 cm³/mol. The summed E-state index contributed by atoms with van der Waals surface area (Å²) in [6.07, 6.45) is 1.13. The van der Waals surface area contributed by atoms with Crippen molar-refractivity contribution in [3.05, 3.63) is 98.9 Å². The molecule has 1 atom stereocenters. The summed E-state index contributed by atoms with van der Waals surface area (Å²) in [6, 6.07) is 18.3. The number of aryl methyl sites for hydroxylation is 1. The second kappa shape index (κ2) is 9.55. The molecule has 2 aliphatic rings. The largest absolute Gasteiger partial charge is 0.493 e. The Hall–Kier alpha value is -4.59. The van der Waals surface area contributed by atoms with Crippen molar-refractivity contribution in [2.45, 2.75) is 32.2 Å². The summed E-state index contributed by atoms with van der Waals surface area (Å²) in [5, 5.41) is 0.354. The fourth-order valence-corrected chi connectivity index (χ4v) is 6.13. The number of methoxy groups -OCH3 is 2. The van der Waals surface area contributed by atoms with Crippen LogP contribution >= 0.6 is 0 Å². The smallest absolute Gasteiger partial charge is 0.291 e. The first-order valence-corrected chi connectivity index (χ1v) is 13.4. The summed E-state index contributed by atoms with van der Waals surface area (Å²) in [5.74, 6) is 0.306. The molecule has 1 unspecified atom stereocenters. The van der Waals surface area contributed by atoms with Crippen molar-refractivity contribution in [1.82, 2.24) is 4.90 Å². The van der Waals surface area contributed by atoms with Gasteiger partial charge in [0.25, 0.3) is 11.8 Å². The van der Waals surface area contributed by atoms with Crippen LogP contribution in [0.15, 0.2) is 69.9 Å². The summed E-state index contributed by atoms with van der Waals surface area (Å²) in [7, 11) is 3.14. The minimum atomic E-state index is -1.62. The SMILES string of the molecule is CCCN1C(=O)C2(c3ccccc31)c1c(oc3ccc(C)cc3c1=O)C(=O)N2CCc1ccc(OC)c(OC)c1. The zero-order chi connectivity index (χ0) is 28.2. The topological polar surface area (TPSA) is 89.3 Å². The number of carbonyl (C=O) groups excluding carboxylic acids is 2. The number of hydrogen-bond acceptors (Lipinski definition) is 6. The van der Waals surface area contributed by atoms with Crippen LogP contribution in [0.25, 0.3) is 11.0 Å². The quantitative estimate of drug-likeness (QED) is 0.335. The lowest BCUT2D eigenvalue weighted by Crippen LogP contribution is -2.54. The standard InChI is InChI=1S/C32H30N2O6/c1-5-15-33-23-9-7-6-8-22(23)32(31(33)37)27-28(35)21-17-19(2)10-12-24(21)40-29(27)30(36)34(32)16-14-20-11-13-25(38-3)26(18-20)39-4/h6-13,17-18H,5,14-16H2,1-4H3. The van der Waals surface area contributed by atoms with Crippen LogP contribution in [0.5, 0.6) is 11.5 Å². The van der Waals surface area contributed by atoms with Crippen LogP contribution < -0.4 is 19.8 Å². The van der Waals surface area contributed by atoms with Crippen LogP contribution in [0, 0.1) is 6.92 Å². The number of benzene rings is 3. The Balaban J connectivity index is 1.57. The first kappa shape index (κ1) is 25.7. The van der Waals surface area contributed by atoms with Gasteiger partial charge in [0.15, 0.2) is 22.5 Å². The van der Waals surface area contributed by atoms with Crippen LogP contribution in [0.4, 0.5) is 5.69 Å². The molecule has 4 aromatic rings. The van der Waals surface area contributed by atoms with Crippen molar-refractivity contribution in [2.24, 2.45) is 0 Å². The third-order valence-electron chi connectivity index (χ3n) is 7.91. The zero-order valence-corrected chi connectivity index (χ0v) is 22.9. The van der Waals surface area contributed by atoms with Crippen LogP contribution in [0.3, 0.4) is 0 Å². The second-order valence-electron chi connectivity index (χ2n) is 10.2. The van der Waals surface area contributed by atoms with Crippen LogP contribution in [-0.4, -0.2) is 44.0 Å². The molecule has 0 saturated carbocycles. The Bertz CT molecular complexity index is 1740. The minimum absolute atomic E-state index is 0.0739. The van der Waals surface area contributed by atoms with Gasteiger partial charge in [-0.15, -0.1) is 0 Å². The summed E-state index contributed by atoms with van der Waals surface area (Å²) < 4.78 is 17.0. The van der Waals surface area contributed by atoms with Crippen LogP contribution in [-0.2, 0) is 16.8 Å². The molecule has 204 valence electrons. The highest BCUT2D eigenvalue weighted by atomic mass is 16.5. The maximum absolute atomic E-state index is 14.6. The van der Waals surface area contributed by atoms with Crippen molar-refractivity contribution in [3.8, 4) is 11.5 Å². The first-order chi connectivity index (χ1) is 19.4. The number of nitrogens with zero attached hydrogens (tertiary/aromatic N) is 2. The maximum atomic E-state index is 14.6. The molecule has 8 nitrogen and oxygen atoms in total. The molecular formula is C32H30N2O6. The van der Waals surface area contributed by atoms with Gasteiger partial charge in [-0.2, -0.15) is 0 Å². The molecule has 2 aliphatic heterocycles. The van der Waals surface area contributed by atoms with Gasteiger partial charge in [0.2, 0.25) is 5.76 Å². The molecule has 0 N–H and O–H groups in total. The highest BCUT2D eigenvalue weighted by Gasteiger charge is 2.64. The van der Waals surface area contributed by atoms with Gasteiger partial charge in [-0.1, -0.05) is 42.8 Å². The second-order valence-corrected chi connectivity index (χ2v) is 10.2. The highest BCUT2D eigenvalue weighted by Crippen LogP contribution is 2.52. The molecule has 8 heteroatoms. The number of ether oxygens (including phenoxy) is 2. The minimum Gasteiger partial charge on any atom is -0.493 e. The van der Waals surface area contributed by atoms with Gasteiger partial charge in [0.05, 0.1) is 30.9 Å². The number of para-hydroxylation sites is 1. The van der Waals surface area contributed by atoms with E-state index in [1.54, 1.807) is 31.3 Å². The number of rotatable bonds is 7. The van der Waals surface area contributed by atoms with Crippen molar-refractivity contribution in [2.75, 3.05) is 32.2 Å². The molecule has 0 bridgehead atoms. The number of carbonyl (C=O) groups is 2. The van der Waals surface area contributed by atoms with Crippen molar-refractivity contribution >= 4 is 28.5 Å². The zero-order valence-electron chi connectivity index (χ0n) is 22.9. The Morgan fingerprint density at radius 3 is 2.42 bits per heavy atom. The molecule has 0 aliphatic carbocycles. The van der Waals surface area contributed by atoms with Gasteiger partial charge in [0.1, 0.15) is 5.58 Å². The lowest BCUT2D eigenvalue weighted by Gasteiger charge is -2.34.